The Bertz CT molecular complexity index is 569. The van der Waals surface area contributed by atoms with Gasteiger partial charge in [0.25, 0.3) is 0 Å². The van der Waals surface area contributed by atoms with Crippen LogP contribution in [0.1, 0.15) is 6.92 Å². The summed E-state index contributed by atoms with van der Waals surface area (Å²) < 4.78 is 5.05. The van der Waals surface area contributed by atoms with Crippen LogP contribution in [0.2, 0.25) is 0 Å². The lowest BCUT2D eigenvalue weighted by Gasteiger charge is -2.09. The quantitative estimate of drug-likeness (QED) is 0.805. The Labute approximate surface area is 105 Å². The molecule has 0 atom stereocenters. The van der Waals surface area contributed by atoms with Gasteiger partial charge in [-0.15, -0.1) is 0 Å². The molecule has 2 aromatic rings. The molecule has 0 aliphatic carbocycles. The van der Waals surface area contributed by atoms with Crippen LogP contribution in [0.15, 0.2) is 30.5 Å². The number of ether oxygens (including phenoxy) is 1. The molecule has 0 aliphatic rings. The molecule has 1 amide bonds. The number of nitrogens with one attached hydrogen (secondary N) is 1. The van der Waals surface area contributed by atoms with Crippen LogP contribution < -0.4 is 11.1 Å². The number of nitrogens with zero attached hydrogens (tertiary/aromatic N) is 1. The maximum Gasteiger partial charge on any atom is 0.250 e. The van der Waals surface area contributed by atoms with Crippen LogP contribution in [0.25, 0.3) is 10.9 Å². The van der Waals surface area contributed by atoms with Gasteiger partial charge in [0.05, 0.1) is 16.9 Å². The third-order valence-corrected chi connectivity index (χ3v) is 2.51. The maximum atomic E-state index is 11.6. The minimum atomic E-state index is -0.188. The number of nitrogen functional groups attached to an aromatic ring is 1. The molecular formula is C13H15N3O2. The first-order valence-corrected chi connectivity index (χ1v) is 5.73. The summed E-state index contributed by atoms with van der Waals surface area (Å²) in [6.07, 6.45) is 1.67. The fourth-order valence-corrected chi connectivity index (χ4v) is 1.68. The summed E-state index contributed by atoms with van der Waals surface area (Å²) in [7, 11) is 0. The summed E-state index contributed by atoms with van der Waals surface area (Å²) in [6.45, 7) is 2.40. The number of aromatic nitrogens is 1. The molecule has 1 aromatic carbocycles. The van der Waals surface area contributed by atoms with Crippen molar-refractivity contribution < 1.29 is 9.53 Å². The van der Waals surface area contributed by atoms with Crippen LogP contribution in [0, 0.1) is 0 Å². The molecule has 3 N–H and O–H groups in total. The number of hydrogen-bond donors (Lipinski definition) is 2. The van der Waals surface area contributed by atoms with Gasteiger partial charge in [-0.3, -0.25) is 9.78 Å². The van der Waals surface area contributed by atoms with E-state index in [-0.39, 0.29) is 12.5 Å². The number of pyridine rings is 1. The molecular weight excluding hydrogens is 230 g/mol. The fourth-order valence-electron chi connectivity index (χ4n) is 1.68. The van der Waals surface area contributed by atoms with Gasteiger partial charge in [0.2, 0.25) is 5.91 Å². The number of anilines is 2. The van der Waals surface area contributed by atoms with Crippen LogP contribution in [0.3, 0.4) is 0 Å². The highest BCUT2D eigenvalue weighted by Gasteiger charge is 2.07. The molecule has 0 aliphatic heterocycles. The molecule has 1 aromatic heterocycles. The highest BCUT2D eigenvalue weighted by atomic mass is 16.5. The first kappa shape index (κ1) is 12.3. The molecule has 0 saturated heterocycles. The van der Waals surface area contributed by atoms with Crippen molar-refractivity contribution in [2.45, 2.75) is 6.92 Å². The standard InChI is InChI=1S/C13H15N3O2/c1-2-18-8-12(17)16-11-6-5-10(14)13-9(11)4-3-7-15-13/h3-7H,2,8,14H2,1H3,(H,16,17). The molecule has 18 heavy (non-hydrogen) atoms. The van der Waals surface area contributed by atoms with E-state index in [1.807, 2.05) is 13.0 Å². The number of nitrogens with two attached hydrogens (primary N) is 1. The predicted molar refractivity (Wildman–Crippen MR) is 71.3 cm³/mol. The number of hydrogen-bond acceptors (Lipinski definition) is 4. The number of benzene rings is 1. The molecule has 5 nitrogen and oxygen atoms in total. The molecule has 5 heteroatoms. The Morgan fingerprint density at radius 2 is 2.28 bits per heavy atom. The number of carbonyl (C=O) groups is 1. The minimum Gasteiger partial charge on any atom is -0.397 e. The monoisotopic (exact) mass is 245 g/mol. The summed E-state index contributed by atoms with van der Waals surface area (Å²) in [6, 6.07) is 7.17. The highest BCUT2D eigenvalue weighted by Crippen LogP contribution is 2.26. The minimum absolute atomic E-state index is 0.0443. The average molecular weight is 245 g/mol. The summed E-state index contributed by atoms with van der Waals surface area (Å²) in [4.78, 5) is 15.8. The lowest BCUT2D eigenvalue weighted by Crippen LogP contribution is -2.18. The van der Waals surface area contributed by atoms with Crippen molar-refractivity contribution in [2.75, 3.05) is 24.3 Å². The summed E-state index contributed by atoms with van der Waals surface area (Å²) in [5, 5.41) is 3.61. The second-order valence-electron chi connectivity index (χ2n) is 3.79. The number of carbonyl (C=O) groups excluding carboxylic acids is 1. The third kappa shape index (κ3) is 2.57. The highest BCUT2D eigenvalue weighted by molar-refractivity contribution is 6.04. The van der Waals surface area contributed by atoms with E-state index < -0.39 is 0 Å². The number of rotatable bonds is 4. The molecule has 0 fully saturated rings. The van der Waals surface area contributed by atoms with Crippen LogP contribution in [-0.4, -0.2) is 24.1 Å². The molecule has 0 spiro atoms. The van der Waals surface area contributed by atoms with Crippen LogP contribution in [-0.2, 0) is 9.53 Å². The van der Waals surface area contributed by atoms with E-state index in [1.54, 1.807) is 24.4 Å². The Balaban J connectivity index is 2.29. The van der Waals surface area contributed by atoms with Crippen molar-refractivity contribution in [3.05, 3.63) is 30.5 Å². The maximum absolute atomic E-state index is 11.6. The average Bonchev–Trinajstić information content (AvgIpc) is 2.40. The second kappa shape index (κ2) is 5.46. The molecule has 0 bridgehead atoms. The normalized spacial score (nSPS) is 10.5. The zero-order valence-electron chi connectivity index (χ0n) is 10.1. The van der Waals surface area contributed by atoms with Gasteiger partial charge >= 0.3 is 0 Å². The SMILES string of the molecule is CCOCC(=O)Nc1ccc(N)c2ncccc12. The Morgan fingerprint density at radius 3 is 3.06 bits per heavy atom. The van der Waals surface area contributed by atoms with Gasteiger partial charge in [-0.1, -0.05) is 0 Å². The fraction of sp³-hybridized carbons (Fsp3) is 0.231. The van der Waals surface area contributed by atoms with Gasteiger partial charge in [-0.25, -0.2) is 0 Å². The third-order valence-electron chi connectivity index (χ3n) is 2.51. The lowest BCUT2D eigenvalue weighted by molar-refractivity contribution is -0.120. The Hall–Kier alpha value is -2.14. The zero-order chi connectivity index (χ0) is 13.0. The molecule has 0 unspecified atom stereocenters. The predicted octanol–water partition coefficient (Wildman–Crippen LogP) is 1.79. The second-order valence-corrected chi connectivity index (χ2v) is 3.79. The van der Waals surface area contributed by atoms with Crippen LogP contribution in [0.5, 0.6) is 0 Å². The zero-order valence-corrected chi connectivity index (χ0v) is 10.1. The Morgan fingerprint density at radius 1 is 1.44 bits per heavy atom. The van der Waals surface area contributed by atoms with E-state index in [1.165, 1.54) is 0 Å². The largest absolute Gasteiger partial charge is 0.397 e. The summed E-state index contributed by atoms with van der Waals surface area (Å²) in [5.41, 5.74) is 7.81. The molecule has 0 radical (unpaired) electrons. The van der Waals surface area contributed by atoms with E-state index in [9.17, 15) is 4.79 Å². The van der Waals surface area contributed by atoms with Crippen molar-refractivity contribution in [1.82, 2.24) is 4.98 Å². The van der Waals surface area contributed by atoms with Crippen LogP contribution >= 0.6 is 0 Å². The smallest absolute Gasteiger partial charge is 0.250 e. The Kier molecular flexibility index (Phi) is 3.74. The van der Waals surface area contributed by atoms with Gasteiger partial charge in [0.15, 0.2) is 0 Å². The lowest BCUT2D eigenvalue weighted by atomic mass is 10.1. The molecule has 1 heterocycles. The van der Waals surface area contributed by atoms with E-state index in [4.69, 9.17) is 10.5 Å². The van der Waals surface area contributed by atoms with Gasteiger partial charge in [0, 0.05) is 18.2 Å². The first-order chi connectivity index (χ1) is 8.72. The van der Waals surface area contributed by atoms with E-state index in [2.05, 4.69) is 10.3 Å². The first-order valence-electron chi connectivity index (χ1n) is 5.73. The van der Waals surface area contributed by atoms with Crippen molar-refractivity contribution in [3.8, 4) is 0 Å². The van der Waals surface area contributed by atoms with Gasteiger partial charge in [0.1, 0.15) is 6.61 Å². The number of fused-ring (bicyclic) bond motifs is 1. The van der Waals surface area contributed by atoms with Gasteiger partial charge < -0.3 is 15.8 Å². The summed E-state index contributed by atoms with van der Waals surface area (Å²) in [5.74, 6) is -0.188. The van der Waals surface area contributed by atoms with E-state index in [0.29, 0.717) is 23.5 Å². The summed E-state index contributed by atoms with van der Waals surface area (Å²) >= 11 is 0. The van der Waals surface area contributed by atoms with Crippen molar-refractivity contribution in [1.29, 1.82) is 0 Å². The molecule has 0 saturated carbocycles. The van der Waals surface area contributed by atoms with Crippen molar-refractivity contribution >= 4 is 28.2 Å². The van der Waals surface area contributed by atoms with E-state index >= 15 is 0 Å². The van der Waals surface area contributed by atoms with Gasteiger partial charge in [-0.2, -0.15) is 0 Å². The van der Waals surface area contributed by atoms with Gasteiger partial charge in [-0.05, 0) is 31.2 Å². The molecule has 94 valence electrons. The topological polar surface area (TPSA) is 77.2 Å². The number of amides is 1. The molecule has 2 rings (SSSR count). The van der Waals surface area contributed by atoms with E-state index in [0.717, 1.165) is 5.39 Å². The van der Waals surface area contributed by atoms with Crippen LogP contribution in [0.4, 0.5) is 11.4 Å². The van der Waals surface area contributed by atoms with Crippen molar-refractivity contribution in [2.24, 2.45) is 0 Å². The van der Waals surface area contributed by atoms with Crippen molar-refractivity contribution in [3.63, 3.8) is 0 Å².